The molecule has 0 spiro atoms. The second kappa shape index (κ2) is 6.29. The van der Waals surface area contributed by atoms with Crippen LogP contribution < -0.4 is 5.73 Å². The summed E-state index contributed by atoms with van der Waals surface area (Å²) in [5.74, 6) is 0. The van der Waals surface area contributed by atoms with Crippen molar-refractivity contribution in [3.63, 3.8) is 0 Å². The smallest absolute Gasteiger partial charge is 0.245 e. The number of benzene rings is 1. The number of ether oxygens (including phenoxy) is 1. The van der Waals surface area contributed by atoms with E-state index in [1.54, 1.807) is 12.1 Å². The molecule has 0 aromatic heterocycles. The number of nitrogen functional groups attached to an aromatic ring is 1. The minimum Gasteiger partial charge on any atom is -0.399 e. The van der Waals surface area contributed by atoms with Crippen molar-refractivity contribution in [2.75, 3.05) is 32.0 Å². The van der Waals surface area contributed by atoms with E-state index < -0.39 is 16.1 Å². The van der Waals surface area contributed by atoms with Gasteiger partial charge >= 0.3 is 0 Å². The number of aliphatic hydroxyl groups is 1. The average Bonchev–Trinajstić information content (AvgIpc) is 2.37. The zero-order chi connectivity index (χ0) is 14.9. The highest BCUT2D eigenvalue weighted by Gasteiger charge is 2.33. The Bertz CT molecular complexity index is 585. The van der Waals surface area contributed by atoms with Crippen LogP contribution in [-0.2, 0) is 14.8 Å². The van der Waals surface area contributed by atoms with Gasteiger partial charge in [0, 0.05) is 27.7 Å². The Labute approximate surface area is 134 Å². The summed E-state index contributed by atoms with van der Waals surface area (Å²) >= 11 is 6.47. The zero-order valence-corrected chi connectivity index (χ0v) is 14.4. The number of aliphatic hydroxyl groups excluding tert-OH is 1. The highest BCUT2D eigenvalue weighted by molar-refractivity contribution is 9.11. The number of nitrogens with two attached hydrogens (primary N) is 1. The molecule has 1 aliphatic heterocycles. The number of anilines is 1. The van der Waals surface area contributed by atoms with Crippen molar-refractivity contribution < 1.29 is 18.3 Å². The van der Waals surface area contributed by atoms with Crippen LogP contribution in [0, 0.1) is 0 Å². The van der Waals surface area contributed by atoms with Crippen LogP contribution in [-0.4, -0.2) is 50.2 Å². The standard InChI is InChI=1S/C11H14Br2N2O4S/c12-9-3-7(14)4-10(13)11(9)20(17,18)15-1-2-19-8(5-15)6-16/h3-4,8,16H,1-2,5-6,14H2. The van der Waals surface area contributed by atoms with Gasteiger partial charge in [0.15, 0.2) is 0 Å². The molecular formula is C11H14Br2N2O4S. The van der Waals surface area contributed by atoms with E-state index in [0.29, 0.717) is 14.6 Å². The third kappa shape index (κ3) is 3.18. The molecule has 0 aliphatic carbocycles. The van der Waals surface area contributed by atoms with E-state index in [1.807, 2.05) is 0 Å². The van der Waals surface area contributed by atoms with E-state index in [-0.39, 0.29) is 31.2 Å². The van der Waals surface area contributed by atoms with Gasteiger partial charge in [-0.3, -0.25) is 0 Å². The van der Waals surface area contributed by atoms with Crippen molar-refractivity contribution in [3.8, 4) is 0 Å². The van der Waals surface area contributed by atoms with Crippen LogP contribution in [0.4, 0.5) is 5.69 Å². The summed E-state index contributed by atoms with van der Waals surface area (Å²) < 4.78 is 32.8. The highest BCUT2D eigenvalue weighted by atomic mass is 79.9. The molecule has 20 heavy (non-hydrogen) atoms. The largest absolute Gasteiger partial charge is 0.399 e. The van der Waals surface area contributed by atoms with Crippen LogP contribution in [0.1, 0.15) is 0 Å². The highest BCUT2D eigenvalue weighted by Crippen LogP contribution is 2.34. The van der Waals surface area contributed by atoms with Crippen LogP contribution >= 0.6 is 31.9 Å². The lowest BCUT2D eigenvalue weighted by Gasteiger charge is -2.31. The van der Waals surface area contributed by atoms with Gasteiger partial charge in [-0.25, -0.2) is 8.42 Å². The van der Waals surface area contributed by atoms with Crippen LogP contribution in [0.3, 0.4) is 0 Å². The van der Waals surface area contributed by atoms with Gasteiger partial charge < -0.3 is 15.6 Å². The maximum atomic E-state index is 12.7. The number of hydrogen-bond donors (Lipinski definition) is 2. The minimum absolute atomic E-state index is 0.127. The van der Waals surface area contributed by atoms with Crippen LogP contribution in [0.2, 0.25) is 0 Å². The lowest BCUT2D eigenvalue weighted by atomic mass is 10.3. The third-order valence-corrected chi connectivity index (χ3v) is 6.67. The second-order valence-electron chi connectivity index (χ2n) is 4.35. The molecule has 112 valence electrons. The van der Waals surface area contributed by atoms with Crippen molar-refractivity contribution >= 4 is 47.6 Å². The monoisotopic (exact) mass is 428 g/mol. The summed E-state index contributed by atoms with van der Waals surface area (Å²) in [4.78, 5) is 0.130. The molecule has 9 heteroatoms. The van der Waals surface area contributed by atoms with E-state index >= 15 is 0 Å². The summed E-state index contributed by atoms with van der Waals surface area (Å²) in [5.41, 5.74) is 6.13. The van der Waals surface area contributed by atoms with E-state index in [1.165, 1.54) is 4.31 Å². The molecule has 2 rings (SSSR count). The maximum absolute atomic E-state index is 12.7. The Morgan fingerprint density at radius 3 is 2.55 bits per heavy atom. The predicted molar refractivity (Wildman–Crippen MR) is 81.8 cm³/mol. The fraction of sp³-hybridized carbons (Fsp3) is 0.455. The van der Waals surface area contributed by atoms with Crippen LogP contribution in [0.25, 0.3) is 0 Å². The normalized spacial score (nSPS) is 21.1. The van der Waals surface area contributed by atoms with Crippen molar-refractivity contribution in [2.24, 2.45) is 0 Å². The van der Waals surface area contributed by atoms with Crippen LogP contribution in [0.15, 0.2) is 26.0 Å². The molecule has 1 heterocycles. The first-order chi connectivity index (χ1) is 9.36. The molecule has 0 radical (unpaired) electrons. The third-order valence-electron chi connectivity index (χ3n) is 2.92. The molecule has 0 saturated carbocycles. The topological polar surface area (TPSA) is 92.9 Å². The molecule has 3 N–H and O–H groups in total. The van der Waals surface area contributed by atoms with E-state index in [4.69, 9.17) is 15.6 Å². The first kappa shape index (κ1) is 16.2. The minimum atomic E-state index is -3.69. The number of hydrogen-bond acceptors (Lipinski definition) is 5. The van der Waals surface area contributed by atoms with Gasteiger partial charge in [0.1, 0.15) is 4.90 Å². The SMILES string of the molecule is Nc1cc(Br)c(S(=O)(=O)N2CCOC(CO)C2)c(Br)c1. The predicted octanol–water partition coefficient (Wildman–Crippen LogP) is 1.18. The maximum Gasteiger partial charge on any atom is 0.245 e. The Hall–Kier alpha value is -0.190. The number of rotatable bonds is 3. The Morgan fingerprint density at radius 1 is 1.40 bits per heavy atom. The van der Waals surface area contributed by atoms with E-state index in [2.05, 4.69) is 31.9 Å². The molecule has 1 fully saturated rings. The molecule has 1 atom stereocenters. The van der Waals surface area contributed by atoms with E-state index in [9.17, 15) is 8.42 Å². The molecule has 0 bridgehead atoms. The summed E-state index contributed by atoms with van der Waals surface area (Å²) in [6.07, 6.45) is -0.496. The Balaban J connectivity index is 2.40. The summed E-state index contributed by atoms with van der Waals surface area (Å²) in [5, 5.41) is 9.11. The molecule has 6 nitrogen and oxygen atoms in total. The molecule has 1 aliphatic rings. The summed E-state index contributed by atoms with van der Waals surface area (Å²) in [6, 6.07) is 3.09. The molecule has 1 saturated heterocycles. The number of halogens is 2. The fourth-order valence-corrected chi connectivity index (χ4v) is 5.97. The van der Waals surface area contributed by atoms with Gasteiger partial charge in [-0.05, 0) is 44.0 Å². The van der Waals surface area contributed by atoms with Crippen LogP contribution in [0.5, 0.6) is 0 Å². The molecular weight excluding hydrogens is 416 g/mol. The molecule has 1 aromatic rings. The molecule has 1 unspecified atom stereocenters. The van der Waals surface area contributed by atoms with Crippen molar-refractivity contribution in [1.29, 1.82) is 0 Å². The first-order valence-corrected chi connectivity index (χ1v) is 8.86. The van der Waals surface area contributed by atoms with Gasteiger partial charge in [0.25, 0.3) is 0 Å². The fourth-order valence-electron chi connectivity index (χ4n) is 1.98. The average molecular weight is 430 g/mol. The van der Waals surface area contributed by atoms with Crippen molar-refractivity contribution in [1.82, 2.24) is 4.31 Å². The quantitative estimate of drug-likeness (QED) is 0.703. The summed E-state index contributed by atoms with van der Waals surface area (Å²) in [7, 11) is -3.69. The summed E-state index contributed by atoms with van der Waals surface area (Å²) in [6.45, 7) is 0.426. The number of nitrogens with zero attached hydrogens (tertiary/aromatic N) is 1. The van der Waals surface area contributed by atoms with Gasteiger partial charge in [0.2, 0.25) is 10.0 Å². The second-order valence-corrected chi connectivity index (χ2v) is 7.94. The number of morpholine rings is 1. The van der Waals surface area contributed by atoms with Gasteiger partial charge in [0.05, 0.1) is 19.3 Å². The van der Waals surface area contributed by atoms with Gasteiger partial charge in [-0.2, -0.15) is 4.31 Å². The Morgan fingerprint density at radius 2 is 2.00 bits per heavy atom. The first-order valence-electron chi connectivity index (χ1n) is 5.83. The lowest BCUT2D eigenvalue weighted by molar-refractivity contribution is -0.0304. The van der Waals surface area contributed by atoms with E-state index in [0.717, 1.165) is 0 Å². The molecule has 0 amide bonds. The number of sulfonamides is 1. The van der Waals surface area contributed by atoms with Crippen molar-refractivity contribution in [2.45, 2.75) is 11.0 Å². The van der Waals surface area contributed by atoms with Crippen molar-refractivity contribution in [3.05, 3.63) is 21.1 Å². The lowest BCUT2D eigenvalue weighted by Crippen LogP contribution is -2.46. The molecule has 1 aromatic carbocycles. The zero-order valence-electron chi connectivity index (χ0n) is 10.4. The Kier molecular flexibility index (Phi) is 5.09. The van der Waals surface area contributed by atoms with Gasteiger partial charge in [-0.1, -0.05) is 0 Å². The van der Waals surface area contributed by atoms with Gasteiger partial charge in [-0.15, -0.1) is 0 Å².